The Morgan fingerprint density at radius 2 is 2.00 bits per heavy atom. The zero-order valence-electron chi connectivity index (χ0n) is 13.3. The number of carbonyl (C=O) groups excluding carboxylic acids is 1. The van der Waals surface area contributed by atoms with E-state index in [0.717, 1.165) is 25.2 Å². The lowest BCUT2D eigenvalue weighted by atomic mass is 10.1. The molecule has 2 N–H and O–H groups in total. The summed E-state index contributed by atoms with van der Waals surface area (Å²) >= 11 is 0. The molecule has 23 heavy (non-hydrogen) atoms. The van der Waals surface area contributed by atoms with Crippen LogP contribution in [0, 0.1) is 6.92 Å². The van der Waals surface area contributed by atoms with Crippen molar-refractivity contribution in [3.8, 4) is 0 Å². The Hall–Kier alpha value is -2.34. The Morgan fingerprint density at radius 1 is 1.26 bits per heavy atom. The SMILES string of the molecule is Cc1cc(NC(=O)NCc2ccccc2CN2CCCC2)no1. The predicted octanol–water partition coefficient (Wildman–Crippen LogP) is 2.90. The normalized spacial score (nSPS) is 14.8. The smallest absolute Gasteiger partial charge is 0.320 e. The number of aryl methyl sites for hydroxylation is 1. The second kappa shape index (κ2) is 7.28. The Labute approximate surface area is 135 Å². The minimum absolute atomic E-state index is 0.283. The number of nitrogens with zero attached hydrogens (tertiary/aromatic N) is 2. The fourth-order valence-electron chi connectivity index (χ4n) is 2.83. The van der Waals surface area contributed by atoms with E-state index >= 15 is 0 Å². The first-order valence-corrected chi connectivity index (χ1v) is 7.98. The molecule has 2 aromatic rings. The van der Waals surface area contributed by atoms with E-state index in [0.29, 0.717) is 18.1 Å². The molecular weight excluding hydrogens is 292 g/mol. The summed E-state index contributed by atoms with van der Waals surface area (Å²) < 4.78 is 4.92. The van der Waals surface area contributed by atoms with E-state index in [2.05, 4.69) is 32.8 Å². The molecule has 0 saturated carbocycles. The summed E-state index contributed by atoms with van der Waals surface area (Å²) in [4.78, 5) is 14.4. The number of hydrogen-bond donors (Lipinski definition) is 2. The van der Waals surface area contributed by atoms with Crippen molar-refractivity contribution in [1.29, 1.82) is 0 Å². The van der Waals surface area contributed by atoms with Gasteiger partial charge in [0.25, 0.3) is 0 Å². The van der Waals surface area contributed by atoms with Gasteiger partial charge in [0.1, 0.15) is 5.76 Å². The van der Waals surface area contributed by atoms with Crippen molar-refractivity contribution < 1.29 is 9.32 Å². The van der Waals surface area contributed by atoms with Crippen LogP contribution in [0.15, 0.2) is 34.9 Å². The lowest BCUT2D eigenvalue weighted by Crippen LogP contribution is -2.29. The summed E-state index contributed by atoms with van der Waals surface area (Å²) in [5.41, 5.74) is 2.41. The molecule has 0 aliphatic carbocycles. The molecule has 1 fully saturated rings. The number of benzene rings is 1. The minimum Gasteiger partial charge on any atom is -0.360 e. The van der Waals surface area contributed by atoms with Gasteiger partial charge >= 0.3 is 6.03 Å². The van der Waals surface area contributed by atoms with Gasteiger partial charge in [-0.3, -0.25) is 10.2 Å². The number of urea groups is 1. The van der Waals surface area contributed by atoms with Crippen LogP contribution in [0.2, 0.25) is 0 Å². The highest BCUT2D eigenvalue weighted by molar-refractivity contribution is 5.88. The van der Waals surface area contributed by atoms with E-state index in [-0.39, 0.29) is 6.03 Å². The first-order chi connectivity index (χ1) is 11.2. The molecule has 0 atom stereocenters. The molecule has 0 spiro atoms. The lowest BCUT2D eigenvalue weighted by molar-refractivity contribution is 0.251. The van der Waals surface area contributed by atoms with Crippen molar-refractivity contribution in [3.63, 3.8) is 0 Å². The van der Waals surface area contributed by atoms with Gasteiger partial charge in [-0.1, -0.05) is 29.4 Å². The molecule has 1 aliphatic rings. The summed E-state index contributed by atoms with van der Waals surface area (Å²) in [6.45, 7) is 5.54. The van der Waals surface area contributed by atoms with E-state index in [1.165, 1.54) is 18.4 Å². The standard InChI is InChI=1S/C17H22N4O2/c1-13-10-16(20-23-13)19-17(22)18-11-14-6-2-3-7-15(14)12-21-8-4-5-9-21/h2-3,6-7,10H,4-5,8-9,11-12H2,1H3,(H2,18,19,20,22). The van der Waals surface area contributed by atoms with Crippen LogP contribution in [0.4, 0.5) is 10.6 Å². The summed E-state index contributed by atoms with van der Waals surface area (Å²) in [7, 11) is 0. The molecule has 6 nitrogen and oxygen atoms in total. The first kappa shape index (κ1) is 15.6. The van der Waals surface area contributed by atoms with E-state index in [4.69, 9.17) is 4.52 Å². The van der Waals surface area contributed by atoms with Gasteiger partial charge in [-0.25, -0.2) is 4.79 Å². The lowest BCUT2D eigenvalue weighted by Gasteiger charge is -2.17. The first-order valence-electron chi connectivity index (χ1n) is 7.98. The van der Waals surface area contributed by atoms with Crippen LogP contribution in [0.1, 0.15) is 29.7 Å². The van der Waals surface area contributed by atoms with Gasteiger partial charge in [0.15, 0.2) is 5.82 Å². The van der Waals surface area contributed by atoms with Crippen LogP contribution < -0.4 is 10.6 Å². The van der Waals surface area contributed by atoms with Crippen molar-refractivity contribution >= 4 is 11.8 Å². The summed E-state index contributed by atoms with van der Waals surface area (Å²) in [6.07, 6.45) is 2.56. The molecular formula is C17H22N4O2. The number of rotatable bonds is 5. The average Bonchev–Trinajstić information content (AvgIpc) is 3.18. The van der Waals surface area contributed by atoms with E-state index in [1.54, 1.807) is 13.0 Å². The molecule has 1 aromatic heterocycles. The van der Waals surface area contributed by atoms with Crippen molar-refractivity contribution in [2.45, 2.75) is 32.9 Å². The summed E-state index contributed by atoms with van der Waals surface area (Å²) in [5, 5.41) is 9.28. The van der Waals surface area contributed by atoms with Gasteiger partial charge in [-0.15, -0.1) is 0 Å². The number of aromatic nitrogens is 1. The molecule has 2 heterocycles. The van der Waals surface area contributed by atoms with Gasteiger partial charge in [-0.2, -0.15) is 0 Å². The number of likely N-dealkylation sites (tertiary alicyclic amines) is 1. The monoisotopic (exact) mass is 314 g/mol. The maximum absolute atomic E-state index is 11.9. The minimum atomic E-state index is -0.283. The van der Waals surface area contributed by atoms with Gasteiger partial charge in [-0.05, 0) is 44.0 Å². The number of amides is 2. The average molecular weight is 314 g/mol. The molecule has 0 bridgehead atoms. The molecule has 1 saturated heterocycles. The number of nitrogens with one attached hydrogen (secondary N) is 2. The third-order valence-corrected chi connectivity index (χ3v) is 4.02. The third-order valence-electron chi connectivity index (χ3n) is 4.02. The second-order valence-corrected chi connectivity index (χ2v) is 5.88. The van der Waals surface area contributed by atoms with Gasteiger partial charge < -0.3 is 9.84 Å². The maximum Gasteiger partial charge on any atom is 0.320 e. The van der Waals surface area contributed by atoms with Crippen LogP contribution in [0.25, 0.3) is 0 Å². The molecule has 6 heteroatoms. The van der Waals surface area contributed by atoms with E-state index in [9.17, 15) is 4.79 Å². The Bertz CT molecular complexity index is 662. The summed E-state index contributed by atoms with van der Waals surface area (Å²) in [5.74, 6) is 1.08. The zero-order valence-corrected chi connectivity index (χ0v) is 13.3. The fourth-order valence-corrected chi connectivity index (χ4v) is 2.83. The fraction of sp³-hybridized carbons (Fsp3) is 0.412. The van der Waals surface area contributed by atoms with E-state index in [1.807, 2.05) is 12.1 Å². The van der Waals surface area contributed by atoms with Crippen LogP contribution >= 0.6 is 0 Å². The largest absolute Gasteiger partial charge is 0.360 e. The number of carbonyl (C=O) groups is 1. The van der Waals surface area contributed by atoms with Gasteiger partial charge in [0, 0.05) is 19.2 Å². The van der Waals surface area contributed by atoms with Crippen molar-refractivity contribution in [1.82, 2.24) is 15.4 Å². The molecule has 3 rings (SSSR count). The van der Waals surface area contributed by atoms with Crippen LogP contribution in [-0.2, 0) is 13.1 Å². The van der Waals surface area contributed by atoms with Crippen LogP contribution in [0.3, 0.4) is 0 Å². The van der Waals surface area contributed by atoms with Crippen LogP contribution in [0.5, 0.6) is 0 Å². The molecule has 1 aliphatic heterocycles. The number of hydrogen-bond acceptors (Lipinski definition) is 4. The van der Waals surface area contributed by atoms with Gasteiger partial charge in [0.05, 0.1) is 0 Å². The molecule has 0 unspecified atom stereocenters. The number of anilines is 1. The predicted molar refractivity (Wildman–Crippen MR) is 88.1 cm³/mol. The molecule has 1 aromatic carbocycles. The van der Waals surface area contributed by atoms with Crippen LogP contribution in [-0.4, -0.2) is 29.2 Å². The maximum atomic E-state index is 11.9. The second-order valence-electron chi connectivity index (χ2n) is 5.88. The topological polar surface area (TPSA) is 70.4 Å². The summed E-state index contributed by atoms with van der Waals surface area (Å²) in [6, 6.07) is 9.65. The third kappa shape index (κ3) is 4.32. The quantitative estimate of drug-likeness (QED) is 0.890. The van der Waals surface area contributed by atoms with Crippen molar-refractivity contribution in [2.75, 3.05) is 18.4 Å². The van der Waals surface area contributed by atoms with Crippen molar-refractivity contribution in [2.24, 2.45) is 0 Å². The molecule has 0 radical (unpaired) electrons. The molecule has 2 amide bonds. The Kier molecular flexibility index (Phi) is 4.92. The Morgan fingerprint density at radius 3 is 2.70 bits per heavy atom. The van der Waals surface area contributed by atoms with Crippen molar-refractivity contribution in [3.05, 3.63) is 47.2 Å². The van der Waals surface area contributed by atoms with Gasteiger partial charge in [0.2, 0.25) is 0 Å². The highest BCUT2D eigenvalue weighted by Crippen LogP contribution is 2.16. The Balaban J connectivity index is 1.55. The zero-order chi connectivity index (χ0) is 16.1. The molecule has 122 valence electrons. The highest BCUT2D eigenvalue weighted by atomic mass is 16.5. The van der Waals surface area contributed by atoms with E-state index < -0.39 is 0 Å². The highest BCUT2D eigenvalue weighted by Gasteiger charge is 2.14.